The number of hydrogen-bond donors (Lipinski definition) is 2. The average Bonchev–Trinajstić information content (AvgIpc) is 2.62. The summed E-state index contributed by atoms with van der Waals surface area (Å²) in [5.41, 5.74) is 3.67. The first-order chi connectivity index (χ1) is 13.5. The van der Waals surface area contributed by atoms with E-state index in [1.54, 1.807) is 7.05 Å². The molecule has 2 aromatic carbocycles. The number of halogens is 2. The molecule has 0 bridgehead atoms. The minimum absolute atomic E-state index is 0. The maximum atomic E-state index is 13.6. The highest BCUT2D eigenvalue weighted by Gasteiger charge is 2.13. The van der Waals surface area contributed by atoms with Gasteiger partial charge in [-0.1, -0.05) is 51.1 Å². The molecule has 2 aromatic rings. The van der Waals surface area contributed by atoms with Crippen LogP contribution in [0.5, 0.6) is 0 Å². The first-order valence-corrected chi connectivity index (χ1v) is 11.5. The Kier molecular flexibility index (Phi) is 9.74. The van der Waals surface area contributed by atoms with Gasteiger partial charge in [0, 0.05) is 26.4 Å². The Labute approximate surface area is 196 Å². The Balaban J connectivity index is 0.00000450. The average molecular weight is 547 g/mol. The lowest BCUT2D eigenvalue weighted by molar-refractivity contribution is 0.590. The van der Waals surface area contributed by atoms with Gasteiger partial charge in [-0.25, -0.2) is 12.8 Å². The molecule has 0 aliphatic carbocycles. The molecule has 0 radical (unpaired) electrons. The highest BCUT2D eigenvalue weighted by molar-refractivity contribution is 14.0. The van der Waals surface area contributed by atoms with Crippen LogP contribution in [0.25, 0.3) is 0 Å². The predicted octanol–water partition coefficient (Wildman–Crippen LogP) is 4.15. The molecule has 0 aliphatic rings. The molecule has 8 heteroatoms. The third-order valence-corrected chi connectivity index (χ3v) is 5.37. The Morgan fingerprint density at radius 2 is 1.60 bits per heavy atom. The van der Waals surface area contributed by atoms with E-state index in [9.17, 15) is 12.8 Å². The smallest absolute Gasteiger partial charge is 0.191 e. The Bertz CT molecular complexity index is 969. The molecule has 5 nitrogen and oxygen atoms in total. The molecule has 2 N–H and O–H groups in total. The lowest BCUT2D eigenvalue weighted by atomic mass is 9.87. The van der Waals surface area contributed by atoms with E-state index in [0.717, 1.165) is 5.56 Å². The maximum Gasteiger partial charge on any atom is 0.191 e. The van der Waals surface area contributed by atoms with Gasteiger partial charge in [0.1, 0.15) is 5.82 Å². The van der Waals surface area contributed by atoms with Gasteiger partial charge in [-0.3, -0.25) is 4.99 Å². The molecule has 0 spiro atoms. The van der Waals surface area contributed by atoms with Gasteiger partial charge in [-0.05, 0) is 39.8 Å². The van der Waals surface area contributed by atoms with Crippen molar-refractivity contribution >= 4 is 39.8 Å². The molecule has 0 heterocycles. The fourth-order valence-corrected chi connectivity index (χ4v) is 3.74. The third kappa shape index (κ3) is 8.59. The van der Waals surface area contributed by atoms with E-state index in [1.165, 1.54) is 30.0 Å². The van der Waals surface area contributed by atoms with Crippen LogP contribution >= 0.6 is 24.0 Å². The summed E-state index contributed by atoms with van der Waals surface area (Å²) in [4.78, 5) is 4.18. The molecule has 30 heavy (non-hydrogen) atoms. The molecule has 0 saturated heterocycles. The monoisotopic (exact) mass is 547 g/mol. The minimum atomic E-state index is -3.21. The van der Waals surface area contributed by atoms with Crippen molar-refractivity contribution < 1.29 is 12.8 Å². The van der Waals surface area contributed by atoms with Crippen molar-refractivity contribution in [3.63, 3.8) is 0 Å². The number of nitrogens with one attached hydrogen (secondary N) is 2. The van der Waals surface area contributed by atoms with E-state index in [0.29, 0.717) is 23.6 Å². The quantitative estimate of drug-likeness (QED) is 0.324. The lowest BCUT2D eigenvalue weighted by Gasteiger charge is -2.19. The van der Waals surface area contributed by atoms with Gasteiger partial charge in [-0.15, -0.1) is 24.0 Å². The minimum Gasteiger partial charge on any atom is -0.352 e. The van der Waals surface area contributed by atoms with Gasteiger partial charge < -0.3 is 10.6 Å². The fourth-order valence-electron chi connectivity index (χ4n) is 2.89. The maximum absolute atomic E-state index is 13.6. The van der Waals surface area contributed by atoms with Gasteiger partial charge in [0.25, 0.3) is 0 Å². The second-order valence-corrected chi connectivity index (χ2v) is 10.3. The fraction of sp³-hybridized carbons (Fsp3) is 0.409. The molecule has 0 fully saturated rings. The van der Waals surface area contributed by atoms with Crippen LogP contribution in [-0.2, 0) is 34.1 Å². The van der Waals surface area contributed by atoms with E-state index in [1.807, 2.05) is 0 Å². The summed E-state index contributed by atoms with van der Waals surface area (Å²) in [7, 11) is -1.56. The molecule has 0 aliphatic heterocycles. The van der Waals surface area contributed by atoms with Crippen LogP contribution in [0.1, 0.15) is 43.0 Å². The second kappa shape index (κ2) is 11.1. The van der Waals surface area contributed by atoms with Crippen molar-refractivity contribution in [2.75, 3.05) is 13.3 Å². The molecule has 0 amide bonds. The molecule has 0 atom stereocenters. The molecular weight excluding hydrogens is 516 g/mol. The van der Waals surface area contributed by atoms with Crippen molar-refractivity contribution in [2.24, 2.45) is 4.99 Å². The zero-order chi connectivity index (χ0) is 21.7. The summed E-state index contributed by atoms with van der Waals surface area (Å²) < 4.78 is 36.9. The molecular formula is C22H31FIN3O2S. The number of nitrogens with zero attached hydrogens (tertiary/aromatic N) is 1. The number of hydrogen-bond acceptors (Lipinski definition) is 3. The van der Waals surface area contributed by atoms with Crippen molar-refractivity contribution in [1.82, 2.24) is 10.6 Å². The van der Waals surface area contributed by atoms with Crippen molar-refractivity contribution in [2.45, 2.75) is 45.0 Å². The highest BCUT2D eigenvalue weighted by atomic mass is 127. The summed E-state index contributed by atoms with van der Waals surface area (Å²) in [6.45, 7) is 7.39. The van der Waals surface area contributed by atoms with Gasteiger partial charge in [0.2, 0.25) is 0 Å². The van der Waals surface area contributed by atoms with Gasteiger partial charge in [-0.2, -0.15) is 0 Å². The molecule has 0 unspecified atom stereocenters. The Hall–Kier alpha value is -1.68. The summed E-state index contributed by atoms with van der Waals surface area (Å²) >= 11 is 0. The van der Waals surface area contributed by atoms with E-state index >= 15 is 0 Å². The van der Waals surface area contributed by atoms with Crippen molar-refractivity contribution in [3.05, 3.63) is 70.5 Å². The van der Waals surface area contributed by atoms with Crippen LogP contribution in [0.4, 0.5) is 4.39 Å². The first kappa shape index (κ1) is 26.4. The van der Waals surface area contributed by atoms with E-state index in [-0.39, 0.29) is 41.7 Å². The highest BCUT2D eigenvalue weighted by Crippen LogP contribution is 2.22. The number of sulfone groups is 1. The van der Waals surface area contributed by atoms with Crippen LogP contribution in [0, 0.1) is 5.82 Å². The van der Waals surface area contributed by atoms with Crippen LogP contribution in [0.2, 0.25) is 0 Å². The van der Waals surface area contributed by atoms with Crippen molar-refractivity contribution in [3.8, 4) is 0 Å². The SMILES string of the molecule is CN=C(NCc1ccc(C(C)(C)C)cc1)NCc1cc(F)ccc1CS(C)(=O)=O.I. The molecule has 0 aromatic heterocycles. The summed E-state index contributed by atoms with van der Waals surface area (Å²) in [5, 5.41) is 6.35. The zero-order valence-electron chi connectivity index (χ0n) is 18.1. The van der Waals surface area contributed by atoms with Gasteiger partial charge in [0.05, 0.1) is 5.75 Å². The van der Waals surface area contributed by atoms with E-state index in [2.05, 4.69) is 60.7 Å². The molecule has 0 saturated carbocycles. The number of benzene rings is 2. The topological polar surface area (TPSA) is 70.6 Å². The largest absolute Gasteiger partial charge is 0.352 e. The molecule has 2 rings (SSSR count). The lowest BCUT2D eigenvalue weighted by Crippen LogP contribution is -2.36. The zero-order valence-corrected chi connectivity index (χ0v) is 21.3. The normalized spacial score (nSPS) is 12.3. The van der Waals surface area contributed by atoms with Crippen LogP contribution in [-0.4, -0.2) is 27.7 Å². The second-order valence-electron chi connectivity index (χ2n) is 8.21. The van der Waals surface area contributed by atoms with Crippen molar-refractivity contribution in [1.29, 1.82) is 0 Å². The van der Waals surface area contributed by atoms with Gasteiger partial charge in [0.15, 0.2) is 15.8 Å². The van der Waals surface area contributed by atoms with Crippen LogP contribution < -0.4 is 10.6 Å². The van der Waals surface area contributed by atoms with Gasteiger partial charge >= 0.3 is 0 Å². The summed E-state index contributed by atoms with van der Waals surface area (Å²) in [6.07, 6.45) is 1.17. The third-order valence-electron chi connectivity index (χ3n) is 4.54. The molecule has 166 valence electrons. The number of rotatable bonds is 6. The Morgan fingerprint density at radius 3 is 2.13 bits per heavy atom. The van der Waals surface area contributed by atoms with Crippen LogP contribution in [0.15, 0.2) is 47.5 Å². The Morgan fingerprint density at radius 1 is 1.00 bits per heavy atom. The number of guanidine groups is 1. The van der Waals surface area contributed by atoms with E-state index < -0.39 is 15.7 Å². The first-order valence-electron chi connectivity index (χ1n) is 9.47. The van der Waals surface area contributed by atoms with Crippen LogP contribution in [0.3, 0.4) is 0 Å². The van der Waals surface area contributed by atoms with E-state index in [4.69, 9.17) is 0 Å². The summed E-state index contributed by atoms with van der Waals surface area (Å²) in [6, 6.07) is 12.6. The standard InChI is InChI=1S/C22H30FN3O2S.HI/c1-22(2,3)19-9-6-16(7-10-19)13-25-21(24-4)26-14-18-12-20(23)11-8-17(18)15-29(5,27)28;/h6-12H,13-15H2,1-5H3,(H2,24,25,26);1H. The summed E-state index contributed by atoms with van der Waals surface area (Å²) in [5.74, 6) is 0.0246. The predicted molar refractivity (Wildman–Crippen MR) is 133 cm³/mol. The number of aliphatic imine (C=N–C) groups is 1.